The van der Waals surface area contributed by atoms with Gasteiger partial charge in [0.25, 0.3) is 0 Å². The van der Waals surface area contributed by atoms with Crippen LogP contribution in [0.3, 0.4) is 0 Å². The number of para-hydroxylation sites is 1. The van der Waals surface area contributed by atoms with E-state index in [1.165, 1.54) is 0 Å². The van der Waals surface area contributed by atoms with Crippen molar-refractivity contribution in [2.75, 3.05) is 0 Å². The molecule has 0 atom stereocenters. The molecule has 0 fully saturated rings. The van der Waals surface area contributed by atoms with Crippen LogP contribution in [0.25, 0.3) is 0 Å². The number of hydrogen-bond acceptors (Lipinski definition) is 1. The van der Waals surface area contributed by atoms with Gasteiger partial charge in [-0.15, -0.1) is 0 Å². The minimum atomic E-state index is -4.43. The van der Waals surface area contributed by atoms with Crippen molar-refractivity contribution < 1.29 is 13.2 Å². The normalized spacial score (nSPS) is 11.8. The summed E-state index contributed by atoms with van der Waals surface area (Å²) in [4.78, 5) is 3.97. The van der Waals surface area contributed by atoms with Gasteiger partial charge < -0.3 is 0 Å². The summed E-state index contributed by atoms with van der Waals surface area (Å²) in [5, 5.41) is 0. The summed E-state index contributed by atoms with van der Waals surface area (Å²) in [6.45, 7) is 2.07. The van der Waals surface area contributed by atoms with Gasteiger partial charge in [0, 0.05) is 0 Å². The van der Waals surface area contributed by atoms with Crippen LogP contribution in [-0.4, -0.2) is 30.9 Å². The number of unbranched alkanes of at least 4 members (excludes halogenated alkanes) is 2. The van der Waals surface area contributed by atoms with Crippen LogP contribution in [0.2, 0.25) is 0 Å². The van der Waals surface area contributed by atoms with Crippen LogP contribution in [0.5, 0.6) is 0 Å². The summed E-state index contributed by atoms with van der Waals surface area (Å²) in [7, 11) is 0. The molecule has 2 aromatic rings. The van der Waals surface area contributed by atoms with Gasteiger partial charge >= 0.3 is 157 Å². The van der Waals surface area contributed by atoms with Crippen LogP contribution < -0.4 is 3.61 Å². The van der Waals surface area contributed by atoms with Crippen LogP contribution in [-0.2, 0) is 0 Å². The van der Waals surface area contributed by atoms with Gasteiger partial charge in [-0.3, -0.25) is 0 Å². The SMILES string of the molecule is CCCCC#Cc1ccccc1N=C([Te]c1ccccc1)C(F)(F)F. The average Bonchev–Trinajstić information content (AvgIpc) is 2.59. The molecule has 0 radical (unpaired) electrons. The molecule has 0 saturated carbocycles. The second kappa shape index (κ2) is 9.66. The first-order valence-corrected chi connectivity index (χ1v) is 10.3. The zero-order valence-electron chi connectivity index (χ0n) is 13.8. The molecular weight excluding hydrogens is 439 g/mol. The first-order valence-electron chi connectivity index (χ1n) is 7.97. The number of benzene rings is 2. The second-order valence-corrected chi connectivity index (χ2v) is 8.28. The molecular formula is C20H18F3NTe. The molecule has 0 bridgehead atoms. The number of alkyl halides is 3. The molecule has 2 aromatic carbocycles. The van der Waals surface area contributed by atoms with E-state index in [0.717, 1.165) is 19.3 Å². The molecule has 0 unspecified atom stereocenters. The van der Waals surface area contributed by atoms with Gasteiger partial charge in [-0.2, -0.15) is 0 Å². The standard InChI is InChI=1S/C20H18F3NTe/c1-2-3-4-6-11-16-12-9-10-15-18(16)24-19(20(21,22)23)25-17-13-7-5-8-14-17/h5,7-10,12-15H,2-4H2,1H3. The maximum atomic E-state index is 13.4. The Hall–Kier alpha value is -1.75. The molecule has 0 saturated heterocycles. The van der Waals surface area contributed by atoms with Gasteiger partial charge in [-0.05, 0) is 0 Å². The Morgan fingerprint density at radius 2 is 1.72 bits per heavy atom. The minimum absolute atomic E-state index is 0.292. The summed E-state index contributed by atoms with van der Waals surface area (Å²) in [5.41, 5.74) is 0.834. The summed E-state index contributed by atoms with van der Waals surface area (Å²) in [5.74, 6) is 5.97. The molecule has 0 aliphatic heterocycles. The van der Waals surface area contributed by atoms with Crippen LogP contribution in [0.4, 0.5) is 18.9 Å². The van der Waals surface area contributed by atoms with E-state index in [0.29, 0.717) is 14.9 Å². The third kappa shape index (κ3) is 6.58. The van der Waals surface area contributed by atoms with Crippen molar-refractivity contribution in [1.29, 1.82) is 0 Å². The first kappa shape index (κ1) is 19.6. The van der Waals surface area contributed by atoms with Gasteiger partial charge in [0.15, 0.2) is 0 Å². The Kier molecular flexibility index (Phi) is 7.56. The second-order valence-electron chi connectivity index (χ2n) is 5.25. The van der Waals surface area contributed by atoms with Gasteiger partial charge in [0.1, 0.15) is 0 Å². The molecule has 0 N–H and O–H groups in total. The summed E-state index contributed by atoms with van der Waals surface area (Å²) in [6.07, 6.45) is -1.68. The van der Waals surface area contributed by atoms with Crippen LogP contribution in [0.15, 0.2) is 59.6 Å². The molecule has 5 heteroatoms. The molecule has 130 valence electrons. The van der Waals surface area contributed by atoms with E-state index in [2.05, 4.69) is 23.8 Å². The Labute approximate surface area is 156 Å². The number of aliphatic imine (C=N–C) groups is 1. The molecule has 0 aliphatic carbocycles. The van der Waals surface area contributed by atoms with E-state index in [1.54, 1.807) is 54.6 Å². The summed E-state index contributed by atoms with van der Waals surface area (Å²) in [6, 6.07) is 15.5. The Balaban J connectivity index is 2.34. The van der Waals surface area contributed by atoms with Gasteiger partial charge in [-0.25, -0.2) is 0 Å². The van der Waals surface area contributed by atoms with Crippen molar-refractivity contribution in [2.24, 2.45) is 4.99 Å². The zero-order valence-corrected chi connectivity index (χ0v) is 16.1. The fraction of sp³-hybridized carbons (Fsp3) is 0.250. The molecule has 0 amide bonds. The zero-order chi connectivity index (χ0) is 18.1. The van der Waals surface area contributed by atoms with Crippen molar-refractivity contribution in [2.45, 2.75) is 32.4 Å². The monoisotopic (exact) mass is 459 g/mol. The number of halogens is 3. The van der Waals surface area contributed by atoms with Gasteiger partial charge in [0.2, 0.25) is 0 Å². The quantitative estimate of drug-likeness (QED) is 0.264. The molecule has 1 nitrogen and oxygen atoms in total. The van der Waals surface area contributed by atoms with Crippen LogP contribution in [0.1, 0.15) is 31.7 Å². The molecule has 25 heavy (non-hydrogen) atoms. The average molecular weight is 457 g/mol. The molecule has 0 spiro atoms. The summed E-state index contributed by atoms with van der Waals surface area (Å²) < 4.78 is 40.3. The Bertz CT molecular complexity index is 771. The van der Waals surface area contributed by atoms with E-state index in [4.69, 9.17) is 0 Å². The van der Waals surface area contributed by atoms with Crippen molar-refractivity contribution in [1.82, 2.24) is 0 Å². The van der Waals surface area contributed by atoms with E-state index in [9.17, 15) is 13.2 Å². The third-order valence-electron chi connectivity index (χ3n) is 3.20. The number of hydrogen-bond donors (Lipinski definition) is 0. The maximum absolute atomic E-state index is 13.4. The van der Waals surface area contributed by atoms with Gasteiger partial charge in [0.05, 0.1) is 0 Å². The predicted octanol–water partition coefficient (Wildman–Crippen LogP) is 4.85. The van der Waals surface area contributed by atoms with Crippen molar-refractivity contribution in [3.63, 3.8) is 0 Å². The van der Waals surface area contributed by atoms with Crippen molar-refractivity contribution in [3.05, 3.63) is 60.2 Å². The van der Waals surface area contributed by atoms with E-state index in [1.807, 2.05) is 0 Å². The molecule has 0 aromatic heterocycles. The fourth-order valence-electron chi connectivity index (χ4n) is 1.95. The van der Waals surface area contributed by atoms with Crippen molar-refractivity contribution >= 4 is 34.0 Å². The number of nitrogens with zero attached hydrogens (tertiary/aromatic N) is 1. The summed E-state index contributed by atoms with van der Waals surface area (Å²) >= 11 is -1.62. The first-order chi connectivity index (χ1) is 12.0. The fourth-order valence-corrected chi connectivity index (χ4v) is 4.17. The predicted molar refractivity (Wildman–Crippen MR) is 97.8 cm³/mol. The molecule has 2 rings (SSSR count). The third-order valence-corrected chi connectivity index (χ3v) is 6.13. The van der Waals surface area contributed by atoms with E-state index in [-0.39, 0.29) is 0 Å². The van der Waals surface area contributed by atoms with Gasteiger partial charge in [-0.1, -0.05) is 0 Å². The number of rotatable bonds is 5. The van der Waals surface area contributed by atoms with E-state index < -0.39 is 30.9 Å². The Morgan fingerprint density at radius 3 is 2.40 bits per heavy atom. The van der Waals surface area contributed by atoms with E-state index >= 15 is 0 Å². The Morgan fingerprint density at radius 1 is 1.04 bits per heavy atom. The molecule has 0 heterocycles. The van der Waals surface area contributed by atoms with Crippen molar-refractivity contribution in [3.8, 4) is 11.8 Å². The molecule has 0 aliphatic rings. The van der Waals surface area contributed by atoms with Crippen LogP contribution >= 0.6 is 0 Å². The van der Waals surface area contributed by atoms with Crippen LogP contribution in [0, 0.1) is 11.8 Å². The topological polar surface area (TPSA) is 12.4 Å².